The summed E-state index contributed by atoms with van der Waals surface area (Å²) in [6.07, 6.45) is 0. The van der Waals surface area contributed by atoms with E-state index in [-0.39, 0.29) is 5.41 Å². The van der Waals surface area contributed by atoms with Gasteiger partial charge in [0.05, 0.1) is 15.7 Å². The van der Waals surface area contributed by atoms with Crippen molar-refractivity contribution in [2.75, 3.05) is 0 Å². The molecule has 0 saturated carbocycles. The molecule has 6 heteroatoms. The van der Waals surface area contributed by atoms with Gasteiger partial charge in [-0.25, -0.2) is 15.0 Å². The van der Waals surface area contributed by atoms with Gasteiger partial charge >= 0.3 is 0 Å². The average Bonchev–Trinajstić information content (AvgIpc) is 4.03. The number of benzene rings is 8. The molecule has 0 aliphatic heterocycles. The van der Waals surface area contributed by atoms with Crippen molar-refractivity contribution in [3.63, 3.8) is 0 Å². The third kappa shape index (κ3) is 4.71. The molecule has 0 unspecified atom stereocenters. The number of fused-ring (bicyclic) bond motifs is 13. The van der Waals surface area contributed by atoms with Crippen LogP contribution in [0.2, 0.25) is 0 Å². The normalized spacial score (nSPS) is 13.3. The summed E-state index contributed by atoms with van der Waals surface area (Å²) in [7, 11) is 0. The second-order valence-electron chi connectivity index (χ2n) is 16.4. The predicted molar refractivity (Wildman–Crippen MR) is 248 cm³/mol. The standard InChI is InChI=1S/C54H34N4OS/c1-54(2)42-19-9-6-15-34(42)40-29-41-36-27-28-37-35-16-8-11-22-47(35)60-50(37)49(36)58(44(41)30-43(40)54)33-25-23-32(24-26-33)52-55-51(31-13-4-3-5-14-31)56-53(57-52)39-18-12-21-46-48(39)38-17-7-10-20-45(38)59-46/h3-30H,1-2H3. The fourth-order valence-electron chi connectivity index (χ4n) is 9.80. The summed E-state index contributed by atoms with van der Waals surface area (Å²) >= 11 is 1.88. The molecule has 60 heavy (non-hydrogen) atoms. The quantitative estimate of drug-likeness (QED) is 0.178. The molecule has 0 spiro atoms. The van der Waals surface area contributed by atoms with E-state index in [2.05, 4.69) is 128 Å². The lowest BCUT2D eigenvalue weighted by Gasteiger charge is -2.21. The number of aromatic nitrogens is 4. The number of hydrogen-bond donors (Lipinski definition) is 0. The highest BCUT2D eigenvalue weighted by Gasteiger charge is 2.36. The Morgan fingerprint density at radius 3 is 2.00 bits per heavy atom. The van der Waals surface area contributed by atoms with Crippen LogP contribution in [0.4, 0.5) is 0 Å². The van der Waals surface area contributed by atoms with Crippen LogP contribution in [0.1, 0.15) is 25.0 Å². The van der Waals surface area contributed by atoms with Crippen LogP contribution < -0.4 is 0 Å². The van der Waals surface area contributed by atoms with Crippen molar-refractivity contribution in [2.24, 2.45) is 0 Å². The van der Waals surface area contributed by atoms with Gasteiger partial charge in [0.25, 0.3) is 0 Å². The molecule has 0 amide bonds. The van der Waals surface area contributed by atoms with Crippen LogP contribution in [0.15, 0.2) is 174 Å². The zero-order valence-corrected chi connectivity index (χ0v) is 33.6. The number of para-hydroxylation sites is 1. The summed E-state index contributed by atoms with van der Waals surface area (Å²) in [4.78, 5) is 15.4. The molecule has 0 fully saturated rings. The second-order valence-corrected chi connectivity index (χ2v) is 17.4. The largest absolute Gasteiger partial charge is 0.456 e. The van der Waals surface area contributed by atoms with Crippen LogP contribution in [0.25, 0.3) is 115 Å². The van der Waals surface area contributed by atoms with Crippen molar-refractivity contribution in [1.29, 1.82) is 0 Å². The van der Waals surface area contributed by atoms with Crippen molar-refractivity contribution in [3.8, 4) is 51.0 Å². The number of thiophene rings is 1. The minimum absolute atomic E-state index is 0.127. The van der Waals surface area contributed by atoms with E-state index in [9.17, 15) is 0 Å². The fraction of sp³-hybridized carbons (Fsp3) is 0.0556. The van der Waals surface area contributed by atoms with Crippen LogP contribution in [-0.4, -0.2) is 19.5 Å². The van der Waals surface area contributed by atoms with Crippen LogP contribution in [0, 0.1) is 0 Å². The zero-order valence-electron chi connectivity index (χ0n) is 32.8. The lowest BCUT2D eigenvalue weighted by atomic mass is 9.82. The molecule has 5 nitrogen and oxygen atoms in total. The van der Waals surface area contributed by atoms with Gasteiger partial charge in [0.2, 0.25) is 0 Å². The summed E-state index contributed by atoms with van der Waals surface area (Å²) < 4.78 is 11.4. The highest BCUT2D eigenvalue weighted by Crippen LogP contribution is 2.52. The smallest absolute Gasteiger partial charge is 0.164 e. The van der Waals surface area contributed by atoms with Gasteiger partial charge in [0.15, 0.2) is 17.5 Å². The molecule has 0 bridgehead atoms. The summed E-state index contributed by atoms with van der Waals surface area (Å²) in [5.74, 6) is 1.84. The number of nitrogens with zero attached hydrogens (tertiary/aromatic N) is 4. The van der Waals surface area contributed by atoms with Gasteiger partial charge in [-0.1, -0.05) is 129 Å². The SMILES string of the molecule is CC1(C)c2ccccc2-c2cc3c4ccc5c6ccccc6sc5c4n(-c4ccc(-c5nc(-c6ccccc6)nc(-c6cccc7oc8ccccc8c67)n5)cc4)c3cc21. The third-order valence-electron chi connectivity index (χ3n) is 12.7. The molecule has 8 aromatic carbocycles. The minimum Gasteiger partial charge on any atom is -0.456 e. The first kappa shape index (κ1) is 33.6. The summed E-state index contributed by atoms with van der Waals surface area (Å²) in [5.41, 5.74) is 13.2. The van der Waals surface area contributed by atoms with E-state index in [0.717, 1.165) is 44.3 Å². The molecule has 13 rings (SSSR count). The lowest BCUT2D eigenvalue weighted by Crippen LogP contribution is -2.14. The maximum absolute atomic E-state index is 6.28. The average molecular weight is 787 g/mol. The van der Waals surface area contributed by atoms with Crippen LogP contribution >= 0.6 is 11.3 Å². The van der Waals surface area contributed by atoms with Crippen molar-refractivity contribution < 1.29 is 4.42 Å². The molecule has 282 valence electrons. The number of furan rings is 1. The van der Waals surface area contributed by atoms with Gasteiger partial charge in [0, 0.05) is 64.8 Å². The van der Waals surface area contributed by atoms with E-state index < -0.39 is 0 Å². The van der Waals surface area contributed by atoms with Gasteiger partial charge in [-0.2, -0.15) is 0 Å². The van der Waals surface area contributed by atoms with E-state index in [0.29, 0.717) is 17.5 Å². The van der Waals surface area contributed by atoms with E-state index in [4.69, 9.17) is 19.4 Å². The summed E-state index contributed by atoms with van der Waals surface area (Å²) in [6, 6.07) is 60.4. The Bertz CT molecular complexity index is 3740. The van der Waals surface area contributed by atoms with Gasteiger partial charge in [0.1, 0.15) is 11.2 Å². The fourth-order valence-corrected chi connectivity index (χ4v) is 11.0. The minimum atomic E-state index is -0.127. The number of hydrogen-bond acceptors (Lipinski definition) is 5. The topological polar surface area (TPSA) is 56.7 Å². The third-order valence-corrected chi connectivity index (χ3v) is 13.9. The Hall–Kier alpha value is -7.41. The maximum Gasteiger partial charge on any atom is 0.164 e. The molecule has 12 aromatic rings. The molecule has 1 aliphatic rings. The lowest BCUT2D eigenvalue weighted by molar-refractivity contribution is 0.661. The molecule has 0 atom stereocenters. The van der Waals surface area contributed by atoms with E-state index in [1.807, 2.05) is 72.0 Å². The van der Waals surface area contributed by atoms with Gasteiger partial charge < -0.3 is 8.98 Å². The predicted octanol–water partition coefficient (Wildman–Crippen LogP) is 14.5. The van der Waals surface area contributed by atoms with E-state index >= 15 is 0 Å². The summed E-state index contributed by atoms with van der Waals surface area (Å²) in [5, 5.41) is 7.13. The number of rotatable bonds is 4. The first-order chi connectivity index (χ1) is 29.5. The molecule has 0 N–H and O–H groups in total. The van der Waals surface area contributed by atoms with Crippen LogP contribution in [0.3, 0.4) is 0 Å². The van der Waals surface area contributed by atoms with E-state index in [1.165, 1.54) is 64.2 Å². The monoisotopic (exact) mass is 786 g/mol. The first-order valence-electron chi connectivity index (χ1n) is 20.4. The van der Waals surface area contributed by atoms with Crippen molar-refractivity contribution in [1.82, 2.24) is 19.5 Å². The van der Waals surface area contributed by atoms with Crippen molar-refractivity contribution >= 4 is 75.3 Å². The maximum atomic E-state index is 6.28. The van der Waals surface area contributed by atoms with Crippen LogP contribution in [-0.2, 0) is 5.41 Å². The summed E-state index contributed by atoms with van der Waals surface area (Å²) in [6.45, 7) is 4.72. The second kappa shape index (κ2) is 12.3. The molecule has 0 saturated heterocycles. The Morgan fingerprint density at radius 1 is 0.483 bits per heavy atom. The highest BCUT2D eigenvalue weighted by atomic mass is 32.1. The van der Waals surface area contributed by atoms with Crippen molar-refractivity contribution in [2.45, 2.75) is 19.3 Å². The Balaban J connectivity index is 1.03. The first-order valence-corrected chi connectivity index (χ1v) is 21.2. The molecule has 4 aromatic heterocycles. The molecular weight excluding hydrogens is 753 g/mol. The zero-order chi connectivity index (χ0) is 39.7. The molecule has 4 heterocycles. The van der Waals surface area contributed by atoms with Gasteiger partial charge in [-0.15, -0.1) is 11.3 Å². The molecular formula is C54H34N4OS. The van der Waals surface area contributed by atoms with Crippen LogP contribution in [0.5, 0.6) is 0 Å². The van der Waals surface area contributed by atoms with E-state index in [1.54, 1.807) is 0 Å². The Morgan fingerprint density at radius 2 is 1.15 bits per heavy atom. The Kier molecular flexibility index (Phi) is 6.88. The van der Waals surface area contributed by atoms with Gasteiger partial charge in [-0.05, 0) is 76.9 Å². The Labute approximate surface area is 348 Å². The molecule has 1 aliphatic carbocycles. The molecule has 0 radical (unpaired) electrons. The van der Waals surface area contributed by atoms with Gasteiger partial charge in [-0.3, -0.25) is 0 Å². The van der Waals surface area contributed by atoms with Crippen molar-refractivity contribution in [3.05, 3.63) is 181 Å². The highest BCUT2D eigenvalue weighted by molar-refractivity contribution is 7.26.